The third kappa shape index (κ3) is 4.43. The zero-order valence-electron chi connectivity index (χ0n) is 13.1. The van der Waals surface area contributed by atoms with Gasteiger partial charge in [-0.2, -0.15) is 0 Å². The number of rotatable bonds is 6. The highest BCUT2D eigenvalue weighted by atomic mass is 16.5. The van der Waals surface area contributed by atoms with E-state index in [9.17, 15) is 0 Å². The maximum Gasteiger partial charge on any atom is 0.0716 e. The summed E-state index contributed by atoms with van der Waals surface area (Å²) in [6, 6.07) is 19.2. The molecule has 116 valence electrons. The fourth-order valence-corrected chi connectivity index (χ4v) is 3.03. The Kier molecular flexibility index (Phi) is 5.63. The minimum atomic E-state index is 0.717. The average molecular weight is 295 g/mol. The lowest BCUT2D eigenvalue weighted by Gasteiger charge is -2.22. The molecule has 1 aliphatic heterocycles. The van der Waals surface area contributed by atoms with Gasteiger partial charge >= 0.3 is 0 Å². The highest BCUT2D eigenvalue weighted by molar-refractivity contribution is 5.63. The summed E-state index contributed by atoms with van der Waals surface area (Å²) in [5, 5.41) is 3.46. The number of piperidine rings is 1. The summed E-state index contributed by atoms with van der Waals surface area (Å²) in [5.74, 6) is 0.800. The molecular weight excluding hydrogens is 270 g/mol. The second-order valence-corrected chi connectivity index (χ2v) is 6.12. The van der Waals surface area contributed by atoms with Gasteiger partial charge < -0.3 is 10.1 Å². The van der Waals surface area contributed by atoms with E-state index in [-0.39, 0.29) is 0 Å². The summed E-state index contributed by atoms with van der Waals surface area (Å²) in [7, 11) is 0. The van der Waals surface area contributed by atoms with E-state index < -0.39 is 0 Å². The van der Waals surface area contributed by atoms with E-state index in [4.69, 9.17) is 4.74 Å². The number of hydrogen-bond acceptors (Lipinski definition) is 2. The first-order chi connectivity index (χ1) is 10.9. The van der Waals surface area contributed by atoms with Crippen LogP contribution in [0.3, 0.4) is 0 Å². The molecular formula is C20H25NO. The SMILES string of the molecule is c1ccc(-c2ccc(COCCC3CCCNC3)cc2)cc1. The van der Waals surface area contributed by atoms with Gasteiger partial charge in [-0.1, -0.05) is 54.6 Å². The Morgan fingerprint density at radius 2 is 1.73 bits per heavy atom. The maximum absolute atomic E-state index is 5.84. The van der Waals surface area contributed by atoms with E-state index in [2.05, 4.69) is 53.8 Å². The zero-order chi connectivity index (χ0) is 15.0. The molecule has 1 atom stereocenters. The minimum absolute atomic E-state index is 0.717. The van der Waals surface area contributed by atoms with Crippen LogP contribution in [0.25, 0.3) is 11.1 Å². The van der Waals surface area contributed by atoms with Gasteiger partial charge in [0.1, 0.15) is 0 Å². The monoisotopic (exact) mass is 295 g/mol. The van der Waals surface area contributed by atoms with Crippen LogP contribution in [0.4, 0.5) is 0 Å². The van der Waals surface area contributed by atoms with Crippen LogP contribution in [0.2, 0.25) is 0 Å². The van der Waals surface area contributed by atoms with Crippen molar-refractivity contribution < 1.29 is 4.74 Å². The third-order valence-electron chi connectivity index (χ3n) is 4.40. The van der Waals surface area contributed by atoms with Crippen LogP contribution in [-0.4, -0.2) is 19.7 Å². The van der Waals surface area contributed by atoms with E-state index >= 15 is 0 Å². The van der Waals surface area contributed by atoms with Gasteiger partial charge in [0.2, 0.25) is 0 Å². The molecule has 2 aromatic rings. The Hall–Kier alpha value is -1.64. The molecule has 1 saturated heterocycles. The zero-order valence-corrected chi connectivity index (χ0v) is 13.1. The van der Waals surface area contributed by atoms with Crippen LogP contribution in [0, 0.1) is 5.92 Å². The Labute approximate surface area is 133 Å². The van der Waals surface area contributed by atoms with E-state index in [0.29, 0.717) is 0 Å². The van der Waals surface area contributed by atoms with E-state index in [1.165, 1.54) is 42.5 Å². The molecule has 2 aromatic carbocycles. The molecule has 2 nitrogen and oxygen atoms in total. The van der Waals surface area contributed by atoms with Gasteiger partial charge in [-0.15, -0.1) is 0 Å². The standard InChI is InChI=1S/C20H25NO/c1-2-6-19(7-3-1)20-10-8-18(9-11-20)16-22-14-12-17-5-4-13-21-15-17/h1-3,6-11,17,21H,4-5,12-16H2. The van der Waals surface area contributed by atoms with Crippen molar-refractivity contribution >= 4 is 0 Å². The van der Waals surface area contributed by atoms with E-state index in [1.54, 1.807) is 0 Å². The maximum atomic E-state index is 5.84. The van der Waals surface area contributed by atoms with Gasteiger partial charge in [0.05, 0.1) is 6.61 Å². The quantitative estimate of drug-likeness (QED) is 0.804. The lowest BCUT2D eigenvalue weighted by Crippen LogP contribution is -2.30. The summed E-state index contributed by atoms with van der Waals surface area (Å²) >= 11 is 0. The van der Waals surface area contributed by atoms with Crippen molar-refractivity contribution in [3.63, 3.8) is 0 Å². The average Bonchev–Trinajstić information content (AvgIpc) is 2.61. The van der Waals surface area contributed by atoms with Crippen molar-refractivity contribution in [2.24, 2.45) is 5.92 Å². The smallest absolute Gasteiger partial charge is 0.0716 e. The van der Waals surface area contributed by atoms with E-state index in [1.807, 2.05) is 6.07 Å². The predicted octanol–water partition coefficient (Wildman–Crippen LogP) is 4.26. The minimum Gasteiger partial charge on any atom is -0.377 e. The van der Waals surface area contributed by atoms with E-state index in [0.717, 1.165) is 25.7 Å². The fourth-order valence-electron chi connectivity index (χ4n) is 3.03. The lowest BCUT2D eigenvalue weighted by atomic mass is 9.97. The van der Waals surface area contributed by atoms with Gasteiger partial charge in [-0.3, -0.25) is 0 Å². The highest BCUT2D eigenvalue weighted by Crippen LogP contribution is 2.19. The third-order valence-corrected chi connectivity index (χ3v) is 4.40. The van der Waals surface area contributed by atoms with Crippen LogP contribution in [0.1, 0.15) is 24.8 Å². The lowest BCUT2D eigenvalue weighted by molar-refractivity contribution is 0.103. The van der Waals surface area contributed by atoms with Crippen molar-refractivity contribution in [2.45, 2.75) is 25.9 Å². The topological polar surface area (TPSA) is 21.3 Å². The number of nitrogens with one attached hydrogen (secondary N) is 1. The molecule has 0 radical (unpaired) electrons. The van der Waals surface area contributed by atoms with Crippen LogP contribution in [-0.2, 0) is 11.3 Å². The number of ether oxygens (including phenoxy) is 1. The van der Waals surface area contributed by atoms with Crippen molar-refractivity contribution in [1.82, 2.24) is 5.32 Å². The Balaban J connectivity index is 1.43. The van der Waals surface area contributed by atoms with Gasteiger partial charge in [0, 0.05) is 6.61 Å². The summed E-state index contributed by atoms with van der Waals surface area (Å²) in [4.78, 5) is 0. The second-order valence-electron chi connectivity index (χ2n) is 6.12. The first-order valence-corrected chi connectivity index (χ1v) is 8.34. The molecule has 1 aliphatic rings. The largest absolute Gasteiger partial charge is 0.377 e. The van der Waals surface area contributed by atoms with Crippen LogP contribution in [0.5, 0.6) is 0 Å². The summed E-state index contributed by atoms with van der Waals surface area (Å²) in [6.45, 7) is 3.93. The molecule has 1 heterocycles. The molecule has 22 heavy (non-hydrogen) atoms. The first kappa shape index (κ1) is 15.3. The molecule has 0 aromatic heterocycles. The van der Waals surface area contributed by atoms with Crippen LogP contribution < -0.4 is 5.32 Å². The summed E-state index contributed by atoms with van der Waals surface area (Å²) in [5.41, 5.74) is 3.78. The highest BCUT2D eigenvalue weighted by Gasteiger charge is 2.12. The molecule has 0 saturated carbocycles. The summed E-state index contributed by atoms with van der Waals surface area (Å²) < 4.78 is 5.84. The molecule has 2 heteroatoms. The molecule has 0 amide bonds. The van der Waals surface area contributed by atoms with Crippen LogP contribution in [0.15, 0.2) is 54.6 Å². The van der Waals surface area contributed by atoms with Crippen molar-refractivity contribution in [3.05, 3.63) is 60.2 Å². The van der Waals surface area contributed by atoms with Crippen molar-refractivity contribution in [2.75, 3.05) is 19.7 Å². The van der Waals surface area contributed by atoms with Gasteiger partial charge in [0.15, 0.2) is 0 Å². The number of benzene rings is 2. The van der Waals surface area contributed by atoms with Gasteiger partial charge in [-0.05, 0) is 55.0 Å². The summed E-state index contributed by atoms with van der Waals surface area (Å²) in [6.07, 6.45) is 3.84. The first-order valence-electron chi connectivity index (χ1n) is 8.34. The molecule has 1 N–H and O–H groups in total. The normalized spacial score (nSPS) is 18.3. The molecule has 1 unspecified atom stereocenters. The van der Waals surface area contributed by atoms with Crippen LogP contribution >= 0.6 is 0 Å². The predicted molar refractivity (Wildman–Crippen MR) is 91.7 cm³/mol. The second kappa shape index (κ2) is 8.11. The molecule has 1 fully saturated rings. The molecule has 0 spiro atoms. The van der Waals surface area contributed by atoms with Crippen molar-refractivity contribution in [1.29, 1.82) is 0 Å². The number of hydrogen-bond donors (Lipinski definition) is 1. The molecule has 0 aliphatic carbocycles. The fraction of sp³-hybridized carbons (Fsp3) is 0.400. The van der Waals surface area contributed by atoms with Gasteiger partial charge in [0.25, 0.3) is 0 Å². The Morgan fingerprint density at radius 1 is 0.955 bits per heavy atom. The Morgan fingerprint density at radius 3 is 2.45 bits per heavy atom. The van der Waals surface area contributed by atoms with Gasteiger partial charge in [-0.25, -0.2) is 0 Å². The molecule has 3 rings (SSSR count). The Bertz CT molecular complexity index is 544. The van der Waals surface area contributed by atoms with Crippen molar-refractivity contribution in [3.8, 4) is 11.1 Å². The molecule has 0 bridgehead atoms.